The largest absolute Gasteiger partial charge is 0.364 e. The van der Waals surface area contributed by atoms with Gasteiger partial charge in [0.25, 0.3) is 0 Å². The molecule has 0 aromatic carbocycles. The van der Waals surface area contributed by atoms with Gasteiger partial charge in [0.2, 0.25) is 5.91 Å². The van der Waals surface area contributed by atoms with E-state index in [-0.39, 0.29) is 18.6 Å². The van der Waals surface area contributed by atoms with E-state index in [1.54, 1.807) is 0 Å². The number of hydrogen-bond donors (Lipinski definition) is 2. The van der Waals surface area contributed by atoms with Crippen LogP contribution in [0.25, 0.3) is 0 Å². The second-order valence-electron chi connectivity index (χ2n) is 4.60. The van der Waals surface area contributed by atoms with Crippen LogP contribution in [0.1, 0.15) is 39.0 Å². The van der Waals surface area contributed by atoms with E-state index >= 15 is 0 Å². The van der Waals surface area contributed by atoms with E-state index in [9.17, 15) is 4.79 Å². The zero-order valence-corrected chi connectivity index (χ0v) is 10.7. The summed E-state index contributed by atoms with van der Waals surface area (Å²) in [5, 5.41) is 2.70. The quantitative estimate of drug-likeness (QED) is 0.713. The molecule has 0 aromatic rings. The van der Waals surface area contributed by atoms with E-state index in [1.807, 2.05) is 0 Å². The molecule has 0 bridgehead atoms. The fourth-order valence-electron chi connectivity index (χ4n) is 1.99. The monoisotopic (exact) mass is 240 g/mol. The van der Waals surface area contributed by atoms with Crippen LogP contribution in [0.2, 0.25) is 0 Å². The number of carbonyl (C=O) groups excluding carboxylic acids is 1. The second kappa shape index (κ2) is 8.25. The zero-order valence-electron chi connectivity index (χ0n) is 10.7. The lowest BCUT2D eigenvalue weighted by Gasteiger charge is -2.18. The molecule has 0 saturated heterocycles. The second-order valence-corrected chi connectivity index (χ2v) is 4.60. The molecule has 1 atom stereocenters. The minimum atomic E-state index is -0.0800. The number of nitrogens with one attached hydrogen (secondary N) is 1. The van der Waals surface area contributed by atoms with Crippen molar-refractivity contribution in [2.75, 3.05) is 19.7 Å². The summed E-state index contributed by atoms with van der Waals surface area (Å²) in [6, 6.07) is 0. The normalized spacial score (nSPS) is 21.3. The number of carbonyl (C=O) groups is 1. The maximum absolute atomic E-state index is 11.4. The Kier molecular flexibility index (Phi) is 6.89. The third-order valence-electron chi connectivity index (χ3n) is 2.93. The highest BCUT2D eigenvalue weighted by molar-refractivity contribution is 5.77. The van der Waals surface area contributed by atoms with Crippen LogP contribution >= 0.6 is 0 Å². The fourth-order valence-corrected chi connectivity index (χ4v) is 1.99. The molecule has 0 aliphatic heterocycles. The molecule has 4 nitrogen and oxygen atoms in total. The van der Waals surface area contributed by atoms with Crippen LogP contribution in [0.3, 0.4) is 0 Å². The Balaban J connectivity index is 2.30. The van der Waals surface area contributed by atoms with Crippen LogP contribution in [0.15, 0.2) is 11.6 Å². The number of rotatable bonds is 5. The predicted octanol–water partition coefficient (Wildman–Crippen LogP) is 1.36. The first-order valence-corrected chi connectivity index (χ1v) is 6.48. The van der Waals surface area contributed by atoms with E-state index < -0.39 is 0 Å². The van der Waals surface area contributed by atoms with Crippen LogP contribution in [-0.4, -0.2) is 31.7 Å². The first-order chi connectivity index (χ1) is 8.22. The Hall–Kier alpha value is -0.870. The first kappa shape index (κ1) is 14.2. The smallest absolute Gasteiger partial charge is 0.246 e. The summed E-state index contributed by atoms with van der Waals surface area (Å²) in [6.07, 6.45) is 8.13. The van der Waals surface area contributed by atoms with Gasteiger partial charge >= 0.3 is 0 Å². The highest BCUT2D eigenvalue weighted by Gasteiger charge is 2.11. The summed E-state index contributed by atoms with van der Waals surface area (Å²) >= 11 is 0. The molecule has 0 spiro atoms. The van der Waals surface area contributed by atoms with Gasteiger partial charge in [0.15, 0.2) is 0 Å². The summed E-state index contributed by atoms with van der Waals surface area (Å²) in [7, 11) is 0. The zero-order chi connectivity index (χ0) is 12.5. The van der Waals surface area contributed by atoms with Crippen LogP contribution in [0.4, 0.5) is 0 Å². The third-order valence-corrected chi connectivity index (χ3v) is 2.93. The summed E-state index contributed by atoms with van der Waals surface area (Å²) in [6.45, 7) is 3.25. The van der Waals surface area contributed by atoms with E-state index in [1.165, 1.54) is 24.8 Å². The first-order valence-electron chi connectivity index (χ1n) is 6.48. The Labute approximate surface area is 104 Å². The van der Waals surface area contributed by atoms with Crippen LogP contribution in [0, 0.1) is 0 Å². The molecule has 1 unspecified atom stereocenters. The highest BCUT2D eigenvalue weighted by atomic mass is 16.5. The van der Waals surface area contributed by atoms with E-state index in [0.717, 1.165) is 12.8 Å². The van der Waals surface area contributed by atoms with Crippen LogP contribution in [0.5, 0.6) is 0 Å². The van der Waals surface area contributed by atoms with Gasteiger partial charge in [-0.2, -0.15) is 0 Å². The molecule has 1 aliphatic carbocycles. The van der Waals surface area contributed by atoms with Crippen LogP contribution in [-0.2, 0) is 9.53 Å². The lowest BCUT2D eigenvalue weighted by Crippen LogP contribution is -2.33. The summed E-state index contributed by atoms with van der Waals surface area (Å²) in [4.78, 5) is 11.4. The van der Waals surface area contributed by atoms with Gasteiger partial charge in [-0.25, -0.2) is 0 Å². The molecule has 0 fully saturated rings. The van der Waals surface area contributed by atoms with Gasteiger partial charge in [-0.05, 0) is 26.2 Å². The van der Waals surface area contributed by atoms with Crippen molar-refractivity contribution in [3.8, 4) is 0 Å². The summed E-state index contributed by atoms with van der Waals surface area (Å²) in [5.74, 6) is -0.0800. The molecule has 0 saturated carbocycles. The molecular weight excluding hydrogens is 216 g/mol. The Bertz CT molecular complexity index is 264. The lowest BCUT2D eigenvalue weighted by molar-refractivity contribution is -0.126. The molecule has 1 aliphatic rings. The number of nitrogens with two attached hydrogens (primary N) is 1. The number of amides is 1. The van der Waals surface area contributed by atoms with Crippen molar-refractivity contribution in [2.24, 2.45) is 5.73 Å². The standard InChI is InChI=1S/C13H24N2O2/c1-11-5-3-2-4-6-12(9-11)17-10-13(16)15-8-7-14/h9,12H,2-8,10,14H2,1H3,(H,15,16). The molecule has 17 heavy (non-hydrogen) atoms. The molecule has 98 valence electrons. The number of ether oxygens (including phenoxy) is 1. The van der Waals surface area contributed by atoms with Crippen LogP contribution < -0.4 is 11.1 Å². The average molecular weight is 240 g/mol. The lowest BCUT2D eigenvalue weighted by atomic mass is 9.99. The van der Waals surface area contributed by atoms with Crippen molar-refractivity contribution in [3.05, 3.63) is 11.6 Å². The molecule has 0 radical (unpaired) electrons. The topological polar surface area (TPSA) is 64.3 Å². The average Bonchev–Trinajstić information content (AvgIpc) is 2.29. The third kappa shape index (κ3) is 6.44. The molecule has 1 amide bonds. The van der Waals surface area contributed by atoms with Gasteiger partial charge in [0.05, 0.1) is 6.10 Å². The van der Waals surface area contributed by atoms with E-state index in [0.29, 0.717) is 13.1 Å². The Morgan fingerprint density at radius 3 is 3.12 bits per heavy atom. The molecule has 1 rings (SSSR count). The van der Waals surface area contributed by atoms with Gasteiger partial charge in [-0.1, -0.05) is 24.5 Å². The summed E-state index contributed by atoms with van der Waals surface area (Å²) in [5.41, 5.74) is 6.68. The molecular formula is C13H24N2O2. The minimum Gasteiger partial charge on any atom is -0.364 e. The predicted molar refractivity (Wildman–Crippen MR) is 68.6 cm³/mol. The molecule has 0 heterocycles. The summed E-state index contributed by atoms with van der Waals surface area (Å²) < 4.78 is 5.62. The molecule has 3 N–H and O–H groups in total. The van der Waals surface area contributed by atoms with Gasteiger partial charge in [0.1, 0.15) is 6.61 Å². The SMILES string of the molecule is CC1=CC(OCC(=O)NCCN)CCCCC1. The van der Waals surface area contributed by atoms with Crippen molar-refractivity contribution in [1.82, 2.24) is 5.32 Å². The van der Waals surface area contributed by atoms with Gasteiger partial charge in [-0.3, -0.25) is 4.79 Å². The van der Waals surface area contributed by atoms with Crippen molar-refractivity contribution in [1.29, 1.82) is 0 Å². The van der Waals surface area contributed by atoms with Crippen molar-refractivity contribution in [3.63, 3.8) is 0 Å². The van der Waals surface area contributed by atoms with Crippen molar-refractivity contribution in [2.45, 2.75) is 45.1 Å². The molecule has 0 aromatic heterocycles. The number of allylic oxidation sites excluding steroid dienone is 1. The van der Waals surface area contributed by atoms with Crippen molar-refractivity contribution >= 4 is 5.91 Å². The Morgan fingerprint density at radius 1 is 1.53 bits per heavy atom. The maximum atomic E-state index is 11.4. The minimum absolute atomic E-state index is 0.0800. The fraction of sp³-hybridized carbons (Fsp3) is 0.769. The molecule has 4 heteroatoms. The van der Waals surface area contributed by atoms with Gasteiger partial charge in [0, 0.05) is 13.1 Å². The number of hydrogen-bond acceptors (Lipinski definition) is 3. The van der Waals surface area contributed by atoms with E-state index in [2.05, 4.69) is 18.3 Å². The van der Waals surface area contributed by atoms with Gasteiger partial charge < -0.3 is 15.8 Å². The highest BCUT2D eigenvalue weighted by Crippen LogP contribution is 2.18. The van der Waals surface area contributed by atoms with Gasteiger partial charge in [-0.15, -0.1) is 0 Å². The Morgan fingerprint density at radius 2 is 2.35 bits per heavy atom. The van der Waals surface area contributed by atoms with E-state index in [4.69, 9.17) is 10.5 Å². The maximum Gasteiger partial charge on any atom is 0.246 e. The van der Waals surface area contributed by atoms with Crippen molar-refractivity contribution < 1.29 is 9.53 Å².